The molecule has 56 heavy (non-hydrogen) atoms. The number of carboxylic acids is 2. The van der Waals surface area contributed by atoms with Gasteiger partial charge in [-0.15, -0.1) is 0 Å². The molecule has 0 spiro atoms. The normalized spacial score (nSPS) is 23.6. The van der Waals surface area contributed by atoms with Gasteiger partial charge < -0.3 is 50.3 Å². The fourth-order valence-corrected chi connectivity index (χ4v) is 6.16. The first kappa shape index (κ1) is 55.7. The Morgan fingerprint density at radius 1 is 0.732 bits per heavy atom. The molecule has 0 bridgehead atoms. The number of carbonyl (C=O) groups excluding carboxylic acids is 2. The Bertz CT molecular complexity index is 1090. The van der Waals surface area contributed by atoms with Crippen molar-refractivity contribution in [1.82, 2.24) is 0 Å². The third kappa shape index (κ3) is 34.9. The Kier molecular flexibility index (Phi) is 28.8. The topological polar surface area (TPSA) is 249 Å². The monoisotopic (exact) mass is 809 g/mol. The molecule has 0 aromatic heterocycles. The third-order valence-corrected chi connectivity index (χ3v) is 9.17. The number of esters is 2. The molecule has 0 aromatic carbocycles. The molecule has 8 atom stereocenters. The van der Waals surface area contributed by atoms with Gasteiger partial charge >= 0.3 is 23.9 Å². The minimum Gasteiger partial charge on any atom is -0.481 e. The fraction of sp³-hybridized carbons (Fsp3) is 0.905. The van der Waals surface area contributed by atoms with Crippen LogP contribution in [0.5, 0.6) is 0 Å². The zero-order chi connectivity index (χ0) is 43.8. The summed E-state index contributed by atoms with van der Waals surface area (Å²) in [5.74, 6) is -0.351. The molecule has 0 amide bonds. The van der Waals surface area contributed by atoms with Gasteiger partial charge in [-0.25, -0.2) is 0 Å². The summed E-state index contributed by atoms with van der Waals surface area (Å²) in [5.41, 5.74) is -2.18. The van der Waals surface area contributed by atoms with E-state index in [1.165, 1.54) is 6.92 Å². The third-order valence-electron chi connectivity index (χ3n) is 9.17. The highest BCUT2D eigenvalue weighted by Crippen LogP contribution is 2.28. The van der Waals surface area contributed by atoms with Crippen LogP contribution < -0.4 is 0 Å². The van der Waals surface area contributed by atoms with E-state index < -0.39 is 47.6 Å². The van der Waals surface area contributed by atoms with Crippen LogP contribution in [0.2, 0.25) is 0 Å². The summed E-state index contributed by atoms with van der Waals surface area (Å²) < 4.78 is 10.3. The number of aliphatic hydroxyl groups is 6. The summed E-state index contributed by atoms with van der Waals surface area (Å²) in [6.07, 6.45) is 5.16. The second-order valence-electron chi connectivity index (χ2n) is 18.1. The van der Waals surface area contributed by atoms with E-state index in [0.717, 1.165) is 38.5 Å². The lowest BCUT2D eigenvalue weighted by Crippen LogP contribution is -2.41. The molecule has 2 heterocycles. The average Bonchev–Trinajstić information content (AvgIpc) is 2.99. The summed E-state index contributed by atoms with van der Waals surface area (Å²) in [5, 5.41) is 73.9. The summed E-state index contributed by atoms with van der Waals surface area (Å²) in [6.45, 7) is 19.9. The fourth-order valence-electron chi connectivity index (χ4n) is 6.16. The van der Waals surface area contributed by atoms with E-state index in [1.807, 2.05) is 0 Å². The van der Waals surface area contributed by atoms with Crippen LogP contribution in [0, 0.1) is 23.7 Å². The summed E-state index contributed by atoms with van der Waals surface area (Å²) in [7, 11) is 0. The number of ether oxygens (including phenoxy) is 2. The van der Waals surface area contributed by atoms with Gasteiger partial charge in [0.05, 0.1) is 61.3 Å². The van der Waals surface area contributed by atoms with Gasteiger partial charge in [0, 0.05) is 19.3 Å². The number of hydrogen-bond acceptors (Lipinski definition) is 12. The molecule has 2 fully saturated rings. The van der Waals surface area contributed by atoms with Gasteiger partial charge in [-0.05, 0) is 95.3 Å². The van der Waals surface area contributed by atoms with E-state index in [4.69, 9.17) is 19.7 Å². The molecule has 0 aliphatic carbocycles. The van der Waals surface area contributed by atoms with Crippen LogP contribution in [0.4, 0.5) is 0 Å². The molecular weight excluding hydrogens is 728 g/mol. The van der Waals surface area contributed by atoms with Crippen molar-refractivity contribution >= 4 is 23.9 Å². The minimum atomic E-state index is -1.32. The van der Waals surface area contributed by atoms with Crippen LogP contribution in [0.15, 0.2) is 0 Å². The molecule has 14 nitrogen and oxygen atoms in total. The maximum absolute atomic E-state index is 11.2. The first-order valence-electron chi connectivity index (χ1n) is 20.6. The smallest absolute Gasteiger partial charge is 0.308 e. The van der Waals surface area contributed by atoms with Gasteiger partial charge in [0.25, 0.3) is 0 Å². The Morgan fingerprint density at radius 3 is 1.62 bits per heavy atom. The molecule has 2 aliphatic rings. The Hall–Kier alpha value is -2.36. The van der Waals surface area contributed by atoms with E-state index >= 15 is 0 Å². The first-order valence-corrected chi connectivity index (χ1v) is 20.6. The lowest BCUT2D eigenvalue weighted by molar-refractivity contribution is -0.169. The zero-order valence-corrected chi connectivity index (χ0v) is 36.1. The van der Waals surface area contributed by atoms with Crippen LogP contribution in [-0.4, -0.2) is 113 Å². The molecule has 2 rings (SSSR count). The maximum atomic E-state index is 11.2. The molecular formula is C42H80O14. The van der Waals surface area contributed by atoms with E-state index in [1.54, 1.807) is 6.92 Å². The quantitative estimate of drug-likeness (QED) is 0.0680. The molecule has 332 valence electrons. The van der Waals surface area contributed by atoms with Crippen molar-refractivity contribution in [3.05, 3.63) is 0 Å². The van der Waals surface area contributed by atoms with Crippen molar-refractivity contribution in [2.75, 3.05) is 0 Å². The molecule has 2 saturated heterocycles. The first-order chi connectivity index (χ1) is 25.6. The van der Waals surface area contributed by atoms with E-state index in [2.05, 4.69) is 55.4 Å². The second kappa shape index (κ2) is 28.9. The van der Waals surface area contributed by atoms with Crippen molar-refractivity contribution in [2.24, 2.45) is 23.7 Å². The molecule has 2 aliphatic heterocycles. The summed E-state index contributed by atoms with van der Waals surface area (Å²) >= 11 is 0. The standard InChI is InChI=1S/C11H22O4.C11H20O3.C10H20O4.C10H18O3/c1-8(2)4-5-9(12)6-11(3,15)7-10(13)14;1-8(2)4-5-9-6-11(3,13)7-10(12)14-9;1-7(2)3-4-8(11)5-9(12)6-10(13)14;1-7(2)3-4-9-5-8(11)6-10(12)13-9/h8-9,12,15H,4-7H2,1-3H3,(H,13,14);8-9,13H,4-7H2,1-3H3;7-9,11-12H,3-6H2,1-2H3,(H,13,14);7-9,11H,3-6H2,1-2H3. The molecule has 14 heteroatoms. The largest absolute Gasteiger partial charge is 0.481 e. The number of hydrogen-bond donors (Lipinski definition) is 8. The summed E-state index contributed by atoms with van der Waals surface area (Å²) in [4.78, 5) is 42.7. The van der Waals surface area contributed by atoms with Crippen molar-refractivity contribution in [2.45, 2.75) is 220 Å². The second-order valence-corrected chi connectivity index (χ2v) is 18.1. The number of aliphatic carboxylic acids is 2. The highest BCUT2D eigenvalue weighted by atomic mass is 16.6. The van der Waals surface area contributed by atoms with Crippen LogP contribution in [0.1, 0.15) is 172 Å². The average molecular weight is 809 g/mol. The number of carbonyl (C=O) groups is 4. The van der Waals surface area contributed by atoms with Gasteiger partial charge in [0.1, 0.15) is 12.2 Å². The van der Waals surface area contributed by atoms with Crippen molar-refractivity contribution in [1.29, 1.82) is 0 Å². The number of carboxylic acid groups (broad SMARTS) is 2. The van der Waals surface area contributed by atoms with E-state index in [-0.39, 0.29) is 62.7 Å². The van der Waals surface area contributed by atoms with Gasteiger partial charge in [-0.2, -0.15) is 0 Å². The van der Waals surface area contributed by atoms with Crippen LogP contribution >= 0.6 is 0 Å². The SMILES string of the molecule is CC(C)CCC(O)CC(C)(O)CC(=O)O.CC(C)CCC(O)CC(O)CC(=O)O.CC(C)CCC1CC(C)(O)CC(=O)O1.CC(C)CCC1CC(O)CC(=O)O1. The molecule has 8 N–H and O–H groups in total. The molecule has 0 aromatic rings. The summed E-state index contributed by atoms with van der Waals surface area (Å²) in [6, 6.07) is 0. The molecule has 0 saturated carbocycles. The van der Waals surface area contributed by atoms with Crippen LogP contribution in [-0.2, 0) is 28.7 Å². The van der Waals surface area contributed by atoms with Gasteiger partial charge in [-0.1, -0.05) is 55.4 Å². The van der Waals surface area contributed by atoms with Crippen molar-refractivity contribution in [3.63, 3.8) is 0 Å². The lowest BCUT2D eigenvalue weighted by Gasteiger charge is -2.33. The highest BCUT2D eigenvalue weighted by molar-refractivity contribution is 5.72. The maximum Gasteiger partial charge on any atom is 0.308 e. The molecule has 0 radical (unpaired) electrons. The number of rotatable bonds is 20. The van der Waals surface area contributed by atoms with Crippen LogP contribution in [0.3, 0.4) is 0 Å². The Labute approximate surface area is 336 Å². The highest BCUT2D eigenvalue weighted by Gasteiger charge is 2.36. The Balaban J connectivity index is 0. The van der Waals surface area contributed by atoms with Gasteiger partial charge in [-0.3, -0.25) is 19.2 Å². The van der Waals surface area contributed by atoms with Crippen molar-refractivity contribution < 1.29 is 69.5 Å². The van der Waals surface area contributed by atoms with Crippen molar-refractivity contribution in [3.8, 4) is 0 Å². The number of aliphatic hydroxyl groups excluding tert-OH is 4. The zero-order valence-electron chi connectivity index (χ0n) is 36.1. The van der Waals surface area contributed by atoms with Gasteiger partial charge in [0.15, 0.2) is 0 Å². The predicted octanol–water partition coefficient (Wildman–Crippen LogP) is 5.78. The Morgan fingerprint density at radius 2 is 1.20 bits per heavy atom. The number of cyclic esters (lactones) is 2. The predicted molar refractivity (Wildman–Crippen MR) is 214 cm³/mol. The molecule has 8 unspecified atom stereocenters. The van der Waals surface area contributed by atoms with E-state index in [0.29, 0.717) is 49.4 Å². The van der Waals surface area contributed by atoms with Crippen LogP contribution in [0.25, 0.3) is 0 Å². The van der Waals surface area contributed by atoms with Gasteiger partial charge in [0.2, 0.25) is 0 Å². The van der Waals surface area contributed by atoms with E-state index in [9.17, 15) is 49.8 Å². The minimum absolute atomic E-state index is 0.0568. The lowest BCUT2D eigenvalue weighted by atomic mass is 9.89.